The molecule has 1 aliphatic heterocycles. The maximum absolute atomic E-state index is 11.6. The molecule has 2 N–H and O–H groups in total. The minimum absolute atomic E-state index is 0.0856. The highest BCUT2D eigenvalue weighted by molar-refractivity contribution is 7.91. The van der Waals surface area contributed by atoms with Crippen molar-refractivity contribution in [3.8, 4) is 0 Å². The lowest BCUT2D eigenvalue weighted by molar-refractivity contribution is 0.00310. The third-order valence-corrected chi connectivity index (χ3v) is 6.77. The van der Waals surface area contributed by atoms with Crippen LogP contribution in [0.1, 0.15) is 64.7 Å². The van der Waals surface area contributed by atoms with Crippen LogP contribution in [0.5, 0.6) is 0 Å². The summed E-state index contributed by atoms with van der Waals surface area (Å²) in [5, 5.41) is 19.5. The Labute approximate surface area is 129 Å². The molecule has 1 fully saturated rings. The zero-order valence-electron chi connectivity index (χ0n) is 13.4. The van der Waals surface area contributed by atoms with E-state index >= 15 is 0 Å². The zero-order valence-corrected chi connectivity index (χ0v) is 14.2. The average molecular weight is 320 g/mol. The normalized spacial score (nSPS) is 21.8. The summed E-state index contributed by atoms with van der Waals surface area (Å²) in [6.45, 7) is 1.98. The second-order valence-electron chi connectivity index (χ2n) is 6.65. The molecule has 0 amide bonds. The molecule has 1 heterocycles. The summed E-state index contributed by atoms with van der Waals surface area (Å²) in [4.78, 5) is 0. The lowest BCUT2D eigenvalue weighted by atomic mass is 9.72. The maximum Gasteiger partial charge on any atom is 0.150 e. The fourth-order valence-electron chi connectivity index (χ4n) is 3.38. The van der Waals surface area contributed by atoms with E-state index in [-0.39, 0.29) is 30.6 Å². The van der Waals surface area contributed by atoms with Crippen LogP contribution in [-0.4, -0.2) is 43.4 Å². The van der Waals surface area contributed by atoms with Crippen molar-refractivity contribution in [2.45, 2.75) is 64.7 Å². The second-order valence-corrected chi connectivity index (χ2v) is 8.88. The number of hydrogen-bond donors (Lipinski definition) is 2. The molecule has 1 saturated heterocycles. The number of aliphatic hydroxyl groups excluding tert-OH is 2. The van der Waals surface area contributed by atoms with Gasteiger partial charge in [-0.15, -0.1) is 0 Å². The third kappa shape index (κ3) is 5.87. The minimum Gasteiger partial charge on any atom is -0.396 e. The topological polar surface area (TPSA) is 74.6 Å². The van der Waals surface area contributed by atoms with Crippen molar-refractivity contribution in [2.24, 2.45) is 11.3 Å². The molecule has 0 aromatic heterocycles. The van der Waals surface area contributed by atoms with Crippen LogP contribution >= 0.6 is 0 Å². The molecule has 21 heavy (non-hydrogen) atoms. The zero-order chi connectivity index (χ0) is 15.8. The molecule has 0 radical (unpaired) electrons. The second kappa shape index (κ2) is 9.11. The van der Waals surface area contributed by atoms with Crippen LogP contribution in [0.25, 0.3) is 0 Å². The van der Waals surface area contributed by atoms with Gasteiger partial charge in [0.1, 0.15) is 0 Å². The molecule has 0 aromatic carbocycles. The lowest BCUT2D eigenvalue weighted by Gasteiger charge is -2.35. The lowest BCUT2D eigenvalue weighted by Crippen LogP contribution is -2.38. The van der Waals surface area contributed by atoms with Gasteiger partial charge in [0, 0.05) is 5.41 Å². The molecule has 1 atom stereocenters. The predicted molar refractivity (Wildman–Crippen MR) is 86.0 cm³/mol. The van der Waals surface area contributed by atoms with Crippen LogP contribution in [0.2, 0.25) is 0 Å². The molecule has 0 saturated carbocycles. The molecule has 0 aromatic rings. The van der Waals surface area contributed by atoms with Crippen molar-refractivity contribution in [3.63, 3.8) is 0 Å². The number of hydrogen-bond acceptors (Lipinski definition) is 4. The summed E-state index contributed by atoms with van der Waals surface area (Å²) >= 11 is 0. The molecule has 5 heteroatoms. The molecule has 1 rings (SSSR count). The third-order valence-electron chi connectivity index (χ3n) is 5.01. The van der Waals surface area contributed by atoms with Gasteiger partial charge in [0.05, 0.1) is 24.7 Å². The molecule has 0 spiro atoms. The Morgan fingerprint density at radius 1 is 1.00 bits per heavy atom. The Hall–Kier alpha value is -0.130. The summed E-state index contributed by atoms with van der Waals surface area (Å²) in [6, 6.07) is 0. The van der Waals surface area contributed by atoms with Gasteiger partial charge in [0.25, 0.3) is 0 Å². The Balaban J connectivity index is 2.39. The average Bonchev–Trinajstić information content (AvgIpc) is 2.83. The monoisotopic (exact) mass is 320 g/mol. The molecule has 0 aliphatic carbocycles. The molecule has 1 aliphatic rings. The van der Waals surface area contributed by atoms with Crippen molar-refractivity contribution in [1.82, 2.24) is 0 Å². The smallest absolute Gasteiger partial charge is 0.150 e. The highest BCUT2D eigenvalue weighted by Gasteiger charge is 2.43. The van der Waals surface area contributed by atoms with Crippen molar-refractivity contribution < 1.29 is 18.6 Å². The Morgan fingerprint density at radius 3 is 2.05 bits per heavy atom. The van der Waals surface area contributed by atoms with E-state index in [1.54, 1.807) is 0 Å². The quantitative estimate of drug-likeness (QED) is 0.574. The van der Waals surface area contributed by atoms with E-state index in [0.29, 0.717) is 6.42 Å². The first kappa shape index (κ1) is 18.9. The van der Waals surface area contributed by atoms with Crippen LogP contribution in [0, 0.1) is 11.3 Å². The van der Waals surface area contributed by atoms with E-state index in [4.69, 9.17) is 0 Å². The van der Waals surface area contributed by atoms with Gasteiger partial charge >= 0.3 is 0 Å². The van der Waals surface area contributed by atoms with Gasteiger partial charge in [-0.05, 0) is 18.8 Å². The van der Waals surface area contributed by atoms with Gasteiger partial charge in [0.2, 0.25) is 0 Å². The minimum atomic E-state index is -2.97. The first-order chi connectivity index (χ1) is 9.99. The standard InChI is InChI=1S/C16H32O4S/c1-2-3-4-5-6-7-8-10-16(13-17,14-18)15-9-11-21(19,20)12-15/h15,17-18H,2-14H2,1H3. The van der Waals surface area contributed by atoms with Crippen LogP contribution in [-0.2, 0) is 9.84 Å². The Bertz CT molecular complexity index is 374. The van der Waals surface area contributed by atoms with E-state index in [1.165, 1.54) is 32.1 Å². The maximum atomic E-state index is 11.6. The first-order valence-corrected chi connectivity index (χ1v) is 10.2. The van der Waals surface area contributed by atoms with E-state index in [0.717, 1.165) is 19.3 Å². The van der Waals surface area contributed by atoms with E-state index in [2.05, 4.69) is 6.92 Å². The number of sulfone groups is 1. The molecule has 0 bridgehead atoms. The summed E-state index contributed by atoms with van der Waals surface area (Å²) in [6.07, 6.45) is 9.63. The van der Waals surface area contributed by atoms with Crippen molar-refractivity contribution in [1.29, 1.82) is 0 Å². The predicted octanol–water partition coefficient (Wildman–Crippen LogP) is 2.53. The van der Waals surface area contributed by atoms with E-state index in [1.807, 2.05) is 0 Å². The van der Waals surface area contributed by atoms with Gasteiger partial charge < -0.3 is 10.2 Å². The largest absolute Gasteiger partial charge is 0.396 e. The molecule has 4 nitrogen and oxygen atoms in total. The summed E-state index contributed by atoms with van der Waals surface area (Å²) in [5.41, 5.74) is -0.604. The molecule has 126 valence electrons. The van der Waals surface area contributed by atoms with Gasteiger partial charge in [-0.2, -0.15) is 0 Å². The van der Waals surface area contributed by atoms with Gasteiger partial charge in [0.15, 0.2) is 9.84 Å². The van der Waals surface area contributed by atoms with E-state index < -0.39 is 15.3 Å². The van der Waals surface area contributed by atoms with Crippen LogP contribution < -0.4 is 0 Å². The van der Waals surface area contributed by atoms with Gasteiger partial charge in [-0.1, -0.05) is 51.9 Å². The summed E-state index contributed by atoms with van der Waals surface area (Å²) in [5.74, 6) is 0.249. The van der Waals surface area contributed by atoms with Crippen molar-refractivity contribution in [3.05, 3.63) is 0 Å². The SMILES string of the molecule is CCCCCCCCCC(CO)(CO)C1CCS(=O)(=O)C1. The van der Waals surface area contributed by atoms with Crippen molar-refractivity contribution >= 4 is 9.84 Å². The van der Waals surface area contributed by atoms with Crippen molar-refractivity contribution in [2.75, 3.05) is 24.7 Å². The summed E-state index contributed by atoms with van der Waals surface area (Å²) < 4.78 is 23.3. The number of unbranched alkanes of at least 4 members (excludes halogenated alkanes) is 6. The first-order valence-electron chi connectivity index (χ1n) is 8.42. The van der Waals surface area contributed by atoms with Crippen LogP contribution in [0.4, 0.5) is 0 Å². The number of aliphatic hydroxyl groups is 2. The molecular formula is C16H32O4S. The molecule has 1 unspecified atom stereocenters. The van der Waals surface area contributed by atoms with Crippen LogP contribution in [0.15, 0.2) is 0 Å². The Kier molecular flexibility index (Phi) is 8.21. The highest BCUT2D eigenvalue weighted by atomic mass is 32.2. The van der Waals surface area contributed by atoms with Gasteiger partial charge in [-0.25, -0.2) is 8.42 Å². The number of rotatable bonds is 11. The fourth-order valence-corrected chi connectivity index (χ4v) is 5.33. The molecular weight excluding hydrogens is 288 g/mol. The van der Waals surface area contributed by atoms with E-state index in [9.17, 15) is 18.6 Å². The van der Waals surface area contributed by atoms with Crippen LogP contribution in [0.3, 0.4) is 0 Å². The van der Waals surface area contributed by atoms with Gasteiger partial charge in [-0.3, -0.25) is 0 Å². The highest BCUT2D eigenvalue weighted by Crippen LogP contribution is 2.39. The summed E-state index contributed by atoms with van der Waals surface area (Å²) in [7, 11) is -2.97. The Morgan fingerprint density at radius 2 is 1.57 bits per heavy atom. The fraction of sp³-hybridized carbons (Fsp3) is 1.00.